The van der Waals surface area contributed by atoms with E-state index in [1.807, 2.05) is 18.2 Å². The van der Waals surface area contributed by atoms with Crippen molar-refractivity contribution in [2.24, 2.45) is 15.0 Å². The third kappa shape index (κ3) is 6.23. The lowest BCUT2D eigenvalue weighted by Gasteiger charge is -2.13. The van der Waals surface area contributed by atoms with E-state index in [0.29, 0.717) is 54.9 Å². The Labute approximate surface area is 216 Å². The number of nitrogens with one attached hydrogen (secondary N) is 2. The number of benzene rings is 2. The van der Waals surface area contributed by atoms with Crippen molar-refractivity contribution >= 4 is 29.5 Å². The van der Waals surface area contributed by atoms with Crippen molar-refractivity contribution in [1.82, 2.24) is 10.3 Å². The number of rotatable bonds is 8. The Bertz CT molecular complexity index is 1450. The lowest BCUT2D eigenvalue weighted by atomic mass is 10.1. The van der Waals surface area contributed by atoms with Gasteiger partial charge < -0.3 is 15.4 Å². The third-order valence-corrected chi connectivity index (χ3v) is 5.76. The summed E-state index contributed by atoms with van der Waals surface area (Å²) in [6.45, 7) is 1.57. The first-order valence-corrected chi connectivity index (χ1v) is 11.9. The number of alkyl halides is 3. The van der Waals surface area contributed by atoms with Gasteiger partial charge in [0.2, 0.25) is 5.91 Å². The molecule has 0 bridgehead atoms. The molecule has 194 valence electrons. The lowest BCUT2D eigenvalue weighted by Crippen LogP contribution is -2.21. The first-order chi connectivity index (χ1) is 18.3. The molecule has 0 atom stereocenters. The van der Waals surface area contributed by atoms with Crippen LogP contribution in [0.3, 0.4) is 0 Å². The van der Waals surface area contributed by atoms with Crippen molar-refractivity contribution in [3.8, 4) is 11.5 Å². The van der Waals surface area contributed by atoms with Crippen molar-refractivity contribution in [3.05, 3.63) is 83.2 Å². The van der Waals surface area contributed by atoms with E-state index < -0.39 is 17.6 Å². The summed E-state index contributed by atoms with van der Waals surface area (Å²) in [5.41, 5.74) is 0.947. The molecule has 0 fully saturated rings. The van der Waals surface area contributed by atoms with Crippen LogP contribution in [0.1, 0.15) is 28.8 Å². The molecule has 2 aliphatic heterocycles. The van der Waals surface area contributed by atoms with Gasteiger partial charge in [0.25, 0.3) is 0 Å². The fraction of sp³-hybridized carbons (Fsp3) is 0.222. The van der Waals surface area contributed by atoms with Crippen LogP contribution >= 0.6 is 0 Å². The molecule has 38 heavy (non-hydrogen) atoms. The molecule has 0 unspecified atom stereocenters. The predicted octanol–water partition coefficient (Wildman–Crippen LogP) is 4.64. The molecule has 0 aliphatic carbocycles. The van der Waals surface area contributed by atoms with Gasteiger partial charge in [0, 0.05) is 42.7 Å². The van der Waals surface area contributed by atoms with Gasteiger partial charge in [0.1, 0.15) is 23.0 Å². The molecule has 1 aromatic heterocycles. The molecular formula is C27H23F3N6O2. The maximum Gasteiger partial charge on any atom is 0.416 e. The molecule has 2 aromatic carbocycles. The van der Waals surface area contributed by atoms with Crippen LogP contribution in [0.4, 0.5) is 18.9 Å². The van der Waals surface area contributed by atoms with Crippen LogP contribution in [0.5, 0.6) is 11.5 Å². The van der Waals surface area contributed by atoms with Gasteiger partial charge >= 0.3 is 6.18 Å². The number of ether oxygens (including phenoxy) is 1. The van der Waals surface area contributed by atoms with E-state index in [1.54, 1.807) is 30.6 Å². The summed E-state index contributed by atoms with van der Waals surface area (Å²) in [6, 6.07) is 14.2. The summed E-state index contributed by atoms with van der Waals surface area (Å²) in [7, 11) is 0. The van der Waals surface area contributed by atoms with E-state index in [4.69, 9.17) is 4.74 Å². The second-order valence-corrected chi connectivity index (χ2v) is 8.60. The van der Waals surface area contributed by atoms with Crippen molar-refractivity contribution in [1.29, 1.82) is 0 Å². The Morgan fingerprint density at radius 1 is 1.05 bits per heavy atom. The molecule has 0 saturated carbocycles. The number of carbonyl (C=O) groups excluding carboxylic acids is 1. The van der Waals surface area contributed by atoms with Gasteiger partial charge in [-0.3, -0.25) is 19.8 Å². The summed E-state index contributed by atoms with van der Waals surface area (Å²) in [5, 5.41) is 5.55. The van der Waals surface area contributed by atoms with Gasteiger partial charge in [0.15, 0.2) is 5.84 Å². The molecule has 8 nitrogen and oxygen atoms in total. The van der Waals surface area contributed by atoms with Crippen molar-refractivity contribution in [2.75, 3.05) is 25.0 Å². The minimum atomic E-state index is -4.55. The monoisotopic (exact) mass is 520 g/mol. The summed E-state index contributed by atoms with van der Waals surface area (Å²) in [4.78, 5) is 29.5. The summed E-state index contributed by atoms with van der Waals surface area (Å²) in [5.74, 6) is 1.67. The molecule has 1 amide bonds. The number of aromatic nitrogens is 1. The molecule has 3 aromatic rings. The maximum absolute atomic E-state index is 13.4. The predicted molar refractivity (Wildman–Crippen MR) is 138 cm³/mol. The molecule has 2 aliphatic rings. The summed E-state index contributed by atoms with van der Waals surface area (Å²) < 4.78 is 46.3. The van der Waals surface area contributed by atoms with Gasteiger partial charge in [-0.1, -0.05) is 12.1 Å². The highest BCUT2D eigenvalue weighted by molar-refractivity contribution is 6.05. The van der Waals surface area contributed by atoms with E-state index in [1.165, 1.54) is 6.07 Å². The number of hydrogen-bond donors (Lipinski definition) is 2. The van der Waals surface area contributed by atoms with E-state index >= 15 is 0 Å². The standard InChI is InChI=1S/C27H23F3N6O2/c28-27(29,30)19-13-18(25-32-8-9-33-25)14-20(15-19)36-24(37)5-4-17-2-1-3-21(12-17)38-22-6-7-31-23(16-22)26-34-10-11-35-26/h1-3,6-7,10,12-16H,4-5,8-9,11H2,(H,32,33)(H,36,37). The zero-order valence-electron chi connectivity index (χ0n) is 20.1. The number of hydrogen-bond acceptors (Lipinski definition) is 7. The van der Waals surface area contributed by atoms with Gasteiger partial charge in [0.05, 0.1) is 18.7 Å². The SMILES string of the molecule is O=C(CCc1cccc(Oc2ccnc(C3=NCC=N3)c2)c1)Nc1cc(C2=NCCN2)cc(C(F)(F)F)c1. The molecule has 2 N–H and O–H groups in total. The Hall–Kier alpha value is -4.54. The van der Waals surface area contributed by atoms with Gasteiger partial charge in [-0.15, -0.1) is 0 Å². The number of aryl methyl sites for hydroxylation is 1. The fourth-order valence-electron chi connectivity index (χ4n) is 4.01. The second-order valence-electron chi connectivity index (χ2n) is 8.60. The quantitative estimate of drug-likeness (QED) is 0.452. The van der Waals surface area contributed by atoms with Crippen LogP contribution < -0.4 is 15.4 Å². The molecule has 3 heterocycles. The topological polar surface area (TPSA) is 100 Å². The number of nitrogens with zero attached hydrogens (tertiary/aromatic N) is 4. The summed E-state index contributed by atoms with van der Waals surface area (Å²) >= 11 is 0. The number of amidine groups is 2. The van der Waals surface area contributed by atoms with Crippen molar-refractivity contribution in [3.63, 3.8) is 0 Å². The van der Waals surface area contributed by atoms with Crippen LogP contribution in [-0.4, -0.2) is 48.4 Å². The summed E-state index contributed by atoms with van der Waals surface area (Å²) in [6.07, 6.45) is -0.786. The maximum atomic E-state index is 13.4. The number of pyridine rings is 1. The first-order valence-electron chi connectivity index (χ1n) is 11.9. The van der Waals surface area contributed by atoms with Crippen LogP contribution in [-0.2, 0) is 17.4 Å². The zero-order valence-corrected chi connectivity index (χ0v) is 20.1. The van der Waals surface area contributed by atoms with Crippen LogP contribution in [0.15, 0.2) is 75.8 Å². The van der Waals surface area contributed by atoms with E-state index in [9.17, 15) is 18.0 Å². The van der Waals surface area contributed by atoms with Gasteiger partial charge in [-0.25, -0.2) is 4.99 Å². The normalized spacial score (nSPS) is 14.6. The lowest BCUT2D eigenvalue weighted by molar-refractivity contribution is -0.137. The van der Waals surface area contributed by atoms with Crippen molar-refractivity contribution in [2.45, 2.75) is 19.0 Å². The highest BCUT2D eigenvalue weighted by atomic mass is 19.4. The number of halogens is 3. The average Bonchev–Trinajstić information content (AvgIpc) is 3.62. The van der Waals surface area contributed by atoms with E-state index in [-0.39, 0.29) is 17.7 Å². The minimum Gasteiger partial charge on any atom is -0.457 e. The minimum absolute atomic E-state index is 0.0676. The largest absolute Gasteiger partial charge is 0.457 e. The van der Waals surface area contributed by atoms with Crippen LogP contribution in [0.2, 0.25) is 0 Å². The second kappa shape index (κ2) is 10.8. The number of amides is 1. The molecular weight excluding hydrogens is 497 g/mol. The van der Waals surface area contributed by atoms with Gasteiger partial charge in [-0.2, -0.15) is 13.2 Å². The molecule has 0 spiro atoms. The fourth-order valence-corrected chi connectivity index (χ4v) is 4.01. The third-order valence-electron chi connectivity index (χ3n) is 5.76. The smallest absolute Gasteiger partial charge is 0.416 e. The number of aliphatic imine (C=N–C) groups is 3. The number of anilines is 1. The van der Waals surface area contributed by atoms with Gasteiger partial charge in [-0.05, 0) is 48.4 Å². The number of carbonyl (C=O) groups is 1. The van der Waals surface area contributed by atoms with Crippen LogP contribution in [0, 0.1) is 0 Å². The van der Waals surface area contributed by atoms with E-state index in [0.717, 1.165) is 17.7 Å². The Morgan fingerprint density at radius 3 is 2.68 bits per heavy atom. The molecule has 11 heteroatoms. The average molecular weight is 521 g/mol. The Balaban J connectivity index is 1.23. The van der Waals surface area contributed by atoms with Crippen molar-refractivity contribution < 1.29 is 22.7 Å². The Morgan fingerprint density at radius 2 is 1.92 bits per heavy atom. The highest BCUT2D eigenvalue weighted by Crippen LogP contribution is 2.32. The van der Waals surface area contributed by atoms with E-state index in [2.05, 4.69) is 30.6 Å². The zero-order chi connectivity index (χ0) is 26.5. The molecule has 0 saturated heterocycles. The Kier molecular flexibility index (Phi) is 7.16. The molecule has 5 rings (SSSR count). The molecule has 0 radical (unpaired) electrons. The first kappa shape index (κ1) is 25.1. The van der Waals surface area contributed by atoms with Crippen LogP contribution in [0.25, 0.3) is 0 Å². The highest BCUT2D eigenvalue weighted by Gasteiger charge is 2.32.